The molecule has 6 rings (SSSR count). The molecule has 1 heteroatoms. The fourth-order valence-corrected chi connectivity index (χ4v) is 5.98. The molecule has 0 amide bonds. The Morgan fingerprint density at radius 3 is 1.60 bits per heavy atom. The van der Waals surface area contributed by atoms with Crippen molar-refractivity contribution in [1.29, 1.82) is 0 Å². The Labute approximate surface area is 287 Å². The molecule has 0 bridgehead atoms. The van der Waals surface area contributed by atoms with Crippen LogP contribution >= 0.6 is 0 Å². The molecule has 0 aliphatic carbocycles. The van der Waals surface area contributed by atoms with Gasteiger partial charge in [0.25, 0.3) is 0 Å². The van der Waals surface area contributed by atoms with Crippen LogP contribution in [0.15, 0.2) is 103 Å². The van der Waals surface area contributed by atoms with Crippen LogP contribution in [0.4, 0.5) is 0 Å². The van der Waals surface area contributed by atoms with E-state index in [1.165, 1.54) is 95.9 Å². The van der Waals surface area contributed by atoms with Crippen molar-refractivity contribution >= 4 is 25.8 Å². The third-order valence-corrected chi connectivity index (χ3v) is 8.81. The van der Waals surface area contributed by atoms with E-state index in [9.17, 15) is 0 Å². The van der Waals surface area contributed by atoms with Gasteiger partial charge in [-0.25, -0.2) is 0 Å². The van der Waals surface area contributed by atoms with Crippen molar-refractivity contribution in [3.8, 4) is 22.3 Å². The van der Waals surface area contributed by atoms with Crippen LogP contribution in [0.25, 0.3) is 43.8 Å². The fraction of sp³-hybridized carbons (Fsp3) is 0.295. The van der Waals surface area contributed by atoms with E-state index in [4.69, 9.17) is 0 Å². The Hall–Kier alpha value is -3.15. The van der Waals surface area contributed by atoms with E-state index in [-0.39, 0.29) is 10.8 Å². The molecule has 0 aromatic heterocycles. The molecular weight excluding hydrogens is 620 g/mol. The number of benzene rings is 4. The van der Waals surface area contributed by atoms with Gasteiger partial charge in [0.2, 0.25) is 0 Å². The summed E-state index contributed by atoms with van der Waals surface area (Å²) in [6.07, 6.45) is 0. The zero-order valence-electron chi connectivity index (χ0n) is 29.1. The molecule has 0 N–H and O–H groups in total. The van der Waals surface area contributed by atoms with Crippen LogP contribution in [-0.2, 0) is 35.1 Å². The first kappa shape index (κ1) is 34.7. The first-order valence-electron chi connectivity index (χ1n) is 16.2. The fourth-order valence-electron chi connectivity index (χ4n) is 5.98. The summed E-state index contributed by atoms with van der Waals surface area (Å²) in [6, 6.07) is 38.5. The monoisotopic (exact) mass is 668 g/mol. The SMILES string of the molecule is CC(C)c1cc2c(-c3ccc(C(C)(C)C)cc3)cccc2[cH-]1.Cc1cc2c(-c3ccc(C(C)(C)C)cc3)ccc(C)c2[cH-]1.[CH2]=[Zr+2]. The summed E-state index contributed by atoms with van der Waals surface area (Å²) in [4.78, 5) is 0. The van der Waals surface area contributed by atoms with Crippen LogP contribution in [0.3, 0.4) is 0 Å². The second-order valence-electron chi connectivity index (χ2n) is 14.7. The first-order chi connectivity index (χ1) is 21.2. The third kappa shape index (κ3) is 7.99. The van der Waals surface area contributed by atoms with Gasteiger partial charge in [-0.2, -0.15) is 12.1 Å². The summed E-state index contributed by atoms with van der Waals surface area (Å²) < 4.78 is 3.34. The van der Waals surface area contributed by atoms with E-state index in [1.54, 1.807) is 0 Å². The third-order valence-electron chi connectivity index (χ3n) is 8.81. The zero-order chi connectivity index (χ0) is 33.1. The van der Waals surface area contributed by atoms with E-state index in [1.807, 2.05) is 0 Å². The van der Waals surface area contributed by atoms with Crippen molar-refractivity contribution in [3.63, 3.8) is 0 Å². The number of rotatable bonds is 3. The zero-order valence-corrected chi connectivity index (χ0v) is 31.6. The van der Waals surface area contributed by atoms with Crippen molar-refractivity contribution < 1.29 is 24.2 Å². The average molecular weight is 670 g/mol. The molecule has 0 aliphatic rings. The van der Waals surface area contributed by atoms with Gasteiger partial charge in [0.1, 0.15) is 0 Å². The van der Waals surface area contributed by atoms with Crippen molar-refractivity contribution in [1.82, 2.24) is 0 Å². The van der Waals surface area contributed by atoms with Gasteiger partial charge in [-0.15, -0.1) is 68.6 Å². The van der Waals surface area contributed by atoms with Gasteiger partial charge in [0.05, 0.1) is 0 Å². The van der Waals surface area contributed by atoms with Gasteiger partial charge in [-0.05, 0) is 39.0 Å². The van der Waals surface area contributed by atoms with E-state index in [0.29, 0.717) is 5.92 Å². The molecule has 45 heavy (non-hydrogen) atoms. The number of aryl methyl sites for hydroxylation is 2. The minimum absolute atomic E-state index is 0.204. The summed E-state index contributed by atoms with van der Waals surface area (Å²) in [6.45, 7) is 22.4. The standard InChI is InChI=1S/C22H25.C21H23.CH2.Zr/c1-15(2)18-13-17-7-6-8-20(21(17)14-18)16-9-11-19(12-10-16)22(3,4)5;1-14-12-19-15(2)6-11-18(20(19)13-14)16-7-9-17(10-8-16)21(3,4)5;;/h6-15H,1-5H3;6-13H,1-5H3;1H2;/q2*-1;;+2. The molecule has 6 aromatic carbocycles. The van der Waals surface area contributed by atoms with Gasteiger partial charge in [-0.1, -0.05) is 141 Å². The average Bonchev–Trinajstić information content (AvgIpc) is 3.62. The van der Waals surface area contributed by atoms with Crippen LogP contribution in [0, 0.1) is 13.8 Å². The van der Waals surface area contributed by atoms with Crippen LogP contribution in [-0.4, -0.2) is 4.21 Å². The van der Waals surface area contributed by atoms with Crippen LogP contribution in [0.5, 0.6) is 0 Å². The Morgan fingerprint density at radius 1 is 0.600 bits per heavy atom. The normalized spacial score (nSPS) is 11.8. The van der Waals surface area contributed by atoms with Gasteiger partial charge in [-0.3, -0.25) is 0 Å². The van der Waals surface area contributed by atoms with E-state index < -0.39 is 0 Å². The molecule has 0 nitrogen and oxygen atoms in total. The second kappa shape index (κ2) is 14.1. The maximum absolute atomic E-state index is 3.34. The minimum atomic E-state index is 0.204. The molecule has 0 heterocycles. The van der Waals surface area contributed by atoms with E-state index in [2.05, 4.69) is 177 Å². The summed E-state index contributed by atoms with van der Waals surface area (Å²) in [5.74, 6) is 0.573. The molecule has 230 valence electrons. The van der Waals surface area contributed by atoms with Crippen LogP contribution < -0.4 is 0 Å². The Kier molecular flexibility index (Phi) is 10.9. The van der Waals surface area contributed by atoms with Crippen molar-refractivity contribution in [2.75, 3.05) is 0 Å². The van der Waals surface area contributed by atoms with Crippen molar-refractivity contribution in [3.05, 3.63) is 131 Å². The van der Waals surface area contributed by atoms with Gasteiger partial charge in [0, 0.05) is 0 Å². The predicted octanol–water partition coefficient (Wildman–Crippen LogP) is 12.8. The molecular formula is C44H50Zr. The molecule has 0 spiro atoms. The molecule has 0 unspecified atom stereocenters. The molecule has 0 atom stereocenters. The number of fused-ring (bicyclic) bond motifs is 2. The maximum atomic E-state index is 3.34. The second-order valence-corrected chi connectivity index (χ2v) is 14.7. The molecule has 0 radical (unpaired) electrons. The Morgan fingerprint density at radius 2 is 1.11 bits per heavy atom. The predicted molar refractivity (Wildman–Crippen MR) is 198 cm³/mol. The molecule has 0 aliphatic heterocycles. The molecule has 0 fully saturated rings. The van der Waals surface area contributed by atoms with Gasteiger partial charge < -0.3 is 0 Å². The van der Waals surface area contributed by atoms with Gasteiger partial charge in [0.15, 0.2) is 0 Å². The summed E-state index contributed by atoms with van der Waals surface area (Å²) in [5, 5.41) is 5.47. The van der Waals surface area contributed by atoms with Crippen molar-refractivity contribution in [2.45, 2.75) is 86.0 Å². The Bertz CT molecular complexity index is 1860. The van der Waals surface area contributed by atoms with Crippen LogP contribution in [0.1, 0.15) is 89.1 Å². The number of hydrogen-bond donors (Lipinski definition) is 0. The summed E-state index contributed by atoms with van der Waals surface area (Å²) >= 11 is 1.30. The number of hydrogen-bond acceptors (Lipinski definition) is 0. The van der Waals surface area contributed by atoms with Crippen LogP contribution in [0.2, 0.25) is 0 Å². The quantitative estimate of drug-likeness (QED) is 0.165. The van der Waals surface area contributed by atoms with E-state index in [0.717, 1.165) is 0 Å². The summed E-state index contributed by atoms with van der Waals surface area (Å²) in [5.41, 5.74) is 12.6. The Balaban J connectivity index is 0.000000194. The first-order valence-corrected chi connectivity index (χ1v) is 17.9. The van der Waals surface area contributed by atoms with E-state index >= 15 is 0 Å². The summed E-state index contributed by atoms with van der Waals surface area (Å²) in [7, 11) is 0. The molecule has 0 saturated carbocycles. The van der Waals surface area contributed by atoms with Crippen molar-refractivity contribution in [2.24, 2.45) is 0 Å². The topological polar surface area (TPSA) is 0 Å². The molecule has 6 aromatic rings. The van der Waals surface area contributed by atoms with Gasteiger partial charge >= 0.3 is 28.4 Å². The molecule has 0 saturated heterocycles.